The van der Waals surface area contributed by atoms with E-state index in [0.717, 1.165) is 51.4 Å². The maximum atomic E-state index is 12.2. The standard InChI is InChI=1S/C46H92N2O4/c1-3-5-7-9-11-13-15-17-19-21-23-25-27-29-31-35-39-43(49)45(51)47-41-37-33-34-38-42-48-46(52)44(50)40-36-32-30-28-26-24-22-20-18-16-14-12-10-8-6-4-2/h43-44,49-50H,3-42H2,1-2H3,(H,47,51)(H,48,52). The summed E-state index contributed by atoms with van der Waals surface area (Å²) >= 11 is 0. The van der Waals surface area contributed by atoms with Gasteiger partial charge in [0.25, 0.3) is 0 Å². The van der Waals surface area contributed by atoms with E-state index in [-0.39, 0.29) is 11.8 Å². The van der Waals surface area contributed by atoms with Crippen LogP contribution in [0.3, 0.4) is 0 Å². The summed E-state index contributed by atoms with van der Waals surface area (Å²) in [5.74, 6) is -0.488. The van der Waals surface area contributed by atoms with E-state index >= 15 is 0 Å². The second-order valence-electron chi connectivity index (χ2n) is 16.2. The number of hydrogen-bond donors (Lipinski definition) is 4. The zero-order valence-corrected chi connectivity index (χ0v) is 35.1. The van der Waals surface area contributed by atoms with Crippen molar-refractivity contribution in [2.24, 2.45) is 0 Å². The fourth-order valence-corrected chi connectivity index (χ4v) is 7.30. The lowest BCUT2D eigenvalue weighted by Gasteiger charge is -2.12. The van der Waals surface area contributed by atoms with Crippen molar-refractivity contribution in [2.75, 3.05) is 13.1 Å². The van der Waals surface area contributed by atoms with Crippen molar-refractivity contribution >= 4 is 11.8 Å². The quantitative estimate of drug-likeness (QED) is 0.0468. The zero-order chi connectivity index (χ0) is 38.0. The fourth-order valence-electron chi connectivity index (χ4n) is 7.30. The summed E-state index contributed by atoms with van der Waals surface area (Å²) in [7, 11) is 0. The molecule has 0 rings (SSSR count). The normalized spacial score (nSPS) is 12.6. The van der Waals surface area contributed by atoms with E-state index in [9.17, 15) is 19.8 Å². The van der Waals surface area contributed by atoms with E-state index in [1.165, 1.54) is 180 Å². The summed E-state index contributed by atoms with van der Waals surface area (Å²) in [4.78, 5) is 24.4. The van der Waals surface area contributed by atoms with Gasteiger partial charge in [0.15, 0.2) is 0 Å². The Kier molecular flexibility index (Phi) is 41.7. The topological polar surface area (TPSA) is 98.7 Å². The van der Waals surface area contributed by atoms with E-state index in [2.05, 4.69) is 24.5 Å². The Balaban J connectivity index is 3.42. The highest BCUT2D eigenvalue weighted by Crippen LogP contribution is 2.16. The Bertz CT molecular complexity index is 673. The summed E-state index contributed by atoms with van der Waals surface area (Å²) in [6.07, 6.45) is 45.2. The third-order valence-electron chi connectivity index (χ3n) is 11.0. The van der Waals surface area contributed by atoms with E-state index in [1.807, 2.05) is 0 Å². The molecule has 4 N–H and O–H groups in total. The molecule has 0 fully saturated rings. The third-order valence-corrected chi connectivity index (χ3v) is 11.0. The Morgan fingerprint density at radius 3 is 0.750 bits per heavy atom. The minimum atomic E-state index is -0.896. The largest absolute Gasteiger partial charge is 0.383 e. The highest BCUT2D eigenvalue weighted by Gasteiger charge is 2.14. The second-order valence-corrected chi connectivity index (χ2v) is 16.2. The van der Waals surface area contributed by atoms with Crippen molar-refractivity contribution in [1.82, 2.24) is 10.6 Å². The minimum absolute atomic E-state index is 0.244. The predicted molar refractivity (Wildman–Crippen MR) is 225 cm³/mol. The number of hydrogen-bond acceptors (Lipinski definition) is 4. The molecule has 2 atom stereocenters. The van der Waals surface area contributed by atoms with E-state index in [4.69, 9.17) is 0 Å². The van der Waals surface area contributed by atoms with E-state index < -0.39 is 12.2 Å². The maximum Gasteiger partial charge on any atom is 0.248 e. The van der Waals surface area contributed by atoms with E-state index in [0.29, 0.717) is 25.9 Å². The van der Waals surface area contributed by atoms with Crippen LogP contribution in [0.1, 0.15) is 258 Å². The lowest BCUT2D eigenvalue weighted by atomic mass is 10.0. The summed E-state index contributed by atoms with van der Waals surface area (Å²) in [6.45, 7) is 5.72. The Morgan fingerprint density at radius 1 is 0.327 bits per heavy atom. The van der Waals surface area contributed by atoms with Crippen LogP contribution in [0.5, 0.6) is 0 Å². The van der Waals surface area contributed by atoms with Crippen LogP contribution >= 0.6 is 0 Å². The third kappa shape index (κ3) is 38.6. The molecule has 2 unspecified atom stereocenters. The number of carbonyl (C=O) groups is 2. The Morgan fingerprint density at radius 2 is 0.519 bits per heavy atom. The zero-order valence-electron chi connectivity index (χ0n) is 35.1. The highest BCUT2D eigenvalue weighted by atomic mass is 16.3. The van der Waals surface area contributed by atoms with Crippen molar-refractivity contribution in [1.29, 1.82) is 0 Å². The number of rotatable bonds is 43. The monoisotopic (exact) mass is 737 g/mol. The van der Waals surface area contributed by atoms with Crippen LogP contribution in [0.15, 0.2) is 0 Å². The molecule has 52 heavy (non-hydrogen) atoms. The van der Waals surface area contributed by atoms with Crippen molar-refractivity contribution in [2.45, 2.75) is 270 Å². The number of carbonyl (C=O) groups excluding carboxylic acids is 2. The van der Waals surface area contributed by atoms with Crippen LogP contribution in [-0.4, -0.2) is 47.3 Å². The van der Waals surface area contributed by atoms with Gasteiger partial charge >= 0.3 is 0 Å². The molecule has 0 aromatic carbocycles. The molecular formula is C46H92N2O4. The lowest BCUT2D eigenvalue weighted by Crippen LogP contribution is -2.35. The van der Waals surface area contributed by atoms with Gasteiger partial charge in [-0.05, 0) is 25.7 Å². The molecule has 0 aromatic rings. The molecule has 0 spiro atoms. The van der Waals surface area contributed by atoms with Gasteiger partial charge in [0, 0.05) is 13.1 Å². The predicted octanol–water partition coefficient (Wildman–Crippen LogP) is 12.8. The second kappa shape index (κ2) is 42.6. The van der Waals surface area contributed by atoms with Gasteiger partial charge in [-0.15, -0.1) is 0 Å². The van der Waals surface area contributed by atoms with Crippen LogP contribution < -0.4 is 10.6 Å². The first-order valence-corrected chi connectivity index (χ1v) is 23.4. The Labute approximate surface area is 324 Å². The van der Waals surface area contributed by atoms with Gasteiger partial charge in [0.2, 0.25) is 11.8 Å². The molecule has 0 aliphatic rings. The molecule has 6 heteroatoms. The number of nitrogens with one attached hydrogen (secondary N) is 2. The van der Waals surface area contributed by atoms with Crippen LogP contribution in [0.25, 0.3) is 0 Å². The molecule has 0 aliphatic heterocycles. The van der Waals surface area contributed by atoms with Gasteiger partial charge < -0.3 is 20.8 Å². The molecule has 0 saturated heterocycles. The van der Waals surface area contributed by atoms with Gasteiger partial charge in [-0.2, -0.15) is 0 Å². The van der Waals surface area contributed by atoms with E-state index in [1.54, 1.807) is 0 Å². The van der Waals surface area contributed by atoms with Crippen LogP contribution in [0, 0.1) is 0 Å². The van der Waals surface area contributed by atoms with Crippen molar-refractivity contribution in [3.8, 4) is 0 Å². The molecule has 0 aliphatic carbocycles. The smallest absolute Gasteiger partial charge is 0.248 e. The molecule has 6 nitrogen and oxygen atoms in total. The maximum absolute atomic E-state index is 12.2. The van der Waals surface area contributed by atoms with Gasteiger partial charge in [-0.25, -0.2) is 0 Å². The molecule has 0 radical (unpaired) electrons. The first kappa shape index (κ1) is 50.9. The first-order chi connectivity index (χ1) is 25.5. The number of aliphatic hydroxyl groups excluding tert-OH is 2. The SMILES string of the molecule is CCCCCCCCCCCCCCCCCCC(O)C(=O)NCCCCCCNC(=O)C(O)CCCCCCCCCCCCCCCCCC. The average molecular weight is 737 g/mol. The van der Waals surface area contributed by atoms with Gasteiger partial charge in [0.1, 0.15) is 12.2 Å². The fraction of sp³-hybridized carbons (Fsp3) is 0.957. The molecular weight excluding hydrogens is 645 g/mol. The average Bonchev–Trinajstić information content (AvgIpc) is 3.15. The van der Waals surface area contributed by atoms with Gasteiger partial charge in [0.05, 0.1) is 0 Å². The molecule has 0 heterocycles. The molecule has 0 aromatic heterocycles. The first-order valence-electron chi connectivity index (χ1n) is 23.4. The lowest BCUT2D eigenvalue weighted by molar-refractivity contribution is -0.130. The summed E-state index contributed by atoms with van der Waals surface area (Å²) in [5.41, 5.74) is 0. The number of aliphatic hydroxyl groups is 2. The van der Waals surface area contributed by atoms with Crippen molar-refractivity contribution in [3.63, 3.8) is 0 Å². The van der Waals surface area contributed by atoms with Crippen LogP contribution in [-0.2, 0) is 9.59 Å². The van der Waals surface area contributed by atoms with Crippen molar-refractivity contribution < 1.29 is 19.8 Å². The van der Waals surface area contributed by atoms with Gasteiger partial charge in [-0.1, -0.05) is 232 Å². The number of amides is 2. The Hall–Kier alpha value is -1.14. The molecule has 2 amide bonds. The molecule has 0 saturated carbocycles. The summed E-state index contributed by atoms with van der Waals surface area (Å²) < 4.78 is 0. The van der Waals surface area contributed by atoms with Crippen molar-refractivity contribution in [3.05, 3.63) is 0 Å². The highest BCUT2D eigenvalue weighted by molar-refractivity contribution is 5.80. The number of unbranched alkanes of at least 4 members (excludes halogenated alkanes) is 33. The molecule has 0 bridgehead atoms. The summed E-state index contributed by atoms with van der Waals surface area (Å²) in [6, 6.07) is 0. The van der Waals surface area contributed by atoms with Gasteiger partial charge in [-0.3, -0.25) is 9.59 Å². The van der Waals surface area contributed by atoms with Crippen LogP contribution in [0.2, 0.25) is 0 Å². The summed E-state index contributed by atoms with van der Waals surface area (Å²) in [5, 5.41) is 26.1. The molecule has 310 valence electrons. The minimum Gasteiger partial charge on any atom is -0.383 e. The van der Waals surface area contributed by atoms with Crippen LogP contribution in [0.4, 0.5) is 0 Å².